The fraction of sp³-hybridized carbons (Fsp3) is 0.529. The van der Waals surface area contributed by atoms with E-state index in [2.05, 4.69) is 30.9 Å². The van der Waals surface area contributed by atoms with Crippen molar-refractivity contribution < 1.29 is 0 Å². The Kier molecular flexibility index (Phi) is 4.81. The SMILES string of the molecule is Cc1nccc([C@@H]2CCCN(Cc3cnc(N(C)C)nc3)C2)n1. The van der Waals surface area contributed by atoms with Crippen molar-refractivity contribution >= 4 is 5.95 Å². The van der Waals surface area contributed by atoms with E-state index in [0.29, 0.717) is 5.92 Å². The summed E-state index contributed by atoms with van der Waals surface area (Å²) in [5, 5.41) is 0. The largest absolute Gasteiger partial charge is 0.347 e. The van der Waals surface area contributed by atoms with Crippen molar-refractivity contribution in [2.75, 3.05) is 32.1 Å². The standard InChI is InChI=1S/C17H24N6/c1-13-18-7-6-16(21-13)15-5-4-8-23(12-15)11-14-9-19-17(20-10-14)22(2)3/h6-7,9-10,15H,4-5,8,11-12H2,1-3H3/t15-/m1/s1. The molecule has 0 N–H and O–H groups in total. The van der Waals surface area contributed by atoms with Gasteiger partial charge in [0.15, 0.2) is 0 Å². The molecule has 1 saturated heterocycles. The van der Waals surface area contributed by atoms with Gasteiger partial charge in [-0.25, -0.2) is 19.9 Å². The number of aryl methyl sites for hydroxylation is 1. The first-order valence-corrected chi connectivity index (χ1v) is 8.12. The molecule has 1 aliphatic rings. The molecule has 1 atom stereocenters. The highest BCUT2D eigenvalue weighted by Gasteiger charge is 2.22. The van der Waals surface area contributed by atoms with E-state index in [-0.39, 0.29) is 0 Å². The molecule has 2 aromatic rings. The summed E-state index contributed by atoms with van der Waals surface area (Å²) in [5.41, 5.74) is 2.33. The highest BCUT2D eigenvalue weighted by atomic mass is 15.2. The third kappa shape index (κ3) is 4.01. The summed E-state index contributed by atoms with van der Waals surface area (Å²) in [4.78, 5) is 22.0. The maximum absolute atomic E-state index is 4.60. The molecule has 0 amide bonds. The molecule has 6 heteroatoms. The Hall–Kier alpha value is -2.08. The van der Waals surface area contributed by atoms with Gasteiger partial charge in [-0.3, -0.25) is 4.90 Å². The van der Waals surface area contributed by atoms with E-state index in [4.69, 9.17) is 0 Å². The lowest BCUT2D eigenvalue weighted by Gasteiger charge is -2.32. The van der Waals surface area contributed by atoms with Crippen molar-refractivity contribution in [3.8, 4) is 0 Å². The number of anilines is 1. The molecule has 0 aliphatic carbocycles. The lowest BCUT2D eigenvalue weighted by atomic mass is 9.94. The molecule has 0 aromatic carbocycles. The molecule has 0 spiro atoms. The van der Waals surface area contributed by atoms with E-state index in [0.717, 1.165) is 37.0 Å². The van der Waals surface area contributed by atoms with Crippen molar-refractivity contribution in [2.24, 2.45) is 0 Å². The quantitative estimate of drug-likeness (QED) is 0.861. The summed E-state index contributed by atoms with van der Waals surface area (Å²) in [7, 11) is 3.90. The smallest absolute Gasteiger partial charge is 0.224 e. The van der Waals surface area contributed by atoms with Gasteiger partial charge in [0.25, 0.3) is 0 Å². The average Bonchev–Trinajstić information content (AvgIpc) is 2.56. The number of hydrogen-bond donors (Lipinski definition) is 0. The van der Waals surface area contributed by atoms with Crippen LogP contribution in [0.25, 0.3) is 0 Å². The summed E-state index contributed by atoms with van der Waals surface area (Å²) < 4.78 is 0. The second kappa shape index (κ2) is 7.00. The van der Waals surface area contributed by atoms with Crippen LogP contribution in [0.15, 0.2) is 24.7 Å². The maximum atomic E-state index is 4.60. The van der Waals surface area contributed by atoms with Crippen molar-refractivity contribution in [1.29, 1.82) is 0 Å². The second-order valence-corrected chi connectivity index (χ2v) is 6.39. The molecule has 2 aromatic heterocycles. The minimum absolute atomic E-state index is 0.493. The van der Waals surface area contributed by atoms with Crippen LogP contribution >= 0.6 is 0 Å². The van der Waals surface area contributed by atoms with Gasteiger partial charge in [0.2, 0.25) is 5.95 Å². The molecule has 0 saturated carbocycles. The van der Waals surface area contributed by atoms with Gasteiger partial charge in [-0.05, 0) is 32.4 Å². The molecule has 122 valence electrons. The zero-order valence-electron chi connectivity index (χ0n) is 14.1. The van der Waals surface area contributed by atoms with Gasteiger partial charge in [0.05, 0.1) is 0 Å². The molecule has 1 aliphatic heterocycles. The van der Waals surface area contributed by atoms with Gasteiger partial charge >= 0.3 is 0 Å². The van der Waals surface area contributed by atoms with Crippen LogP contribution in [0.1, 0.15) is 35.8 Å². The first-order chi connectivity index (χ1) is 11.1. The number of rotatable bonds is 4. The van der Waals surface area contributed by atoms with Crippen molar-refractivity contribution in [2.45, 2.75) is 32.2 Å². The van der Waals surface area contributed by atoms with Crippen molar-refractivity contribution in [3.63, 3.8) is 0 Å². The first kappa shape index (κ1) is 15.8. The molecular formula is C17H24N6. The van der Waals surface area contributed by atoms with Gasteiger partial charge < -0.3 is 4.90 Å². The van der Waals surface area contributed by atoms with E-state index in [9.17, 15) is 0 Å². The van der Waals surface area contributed by atoms with Gasteiger partial charge in [0.1, 0.15) is 5.82 Å². The van der Waals surface area contributed by atoms with Crippen molar-refractivity contribution in [3.05, 3.63) is 41.7 Å². The van der Waals surface area contributed by atoms with Crippen LogP contribution in [0.3, 0.4) is 0 Å². The Balaban J connectivity index is 1.64. The molecule has 3 rings (SSSR count). The summed E-state index contributed by atoms with van der Waals surface area (Å²) in [6, 6.07) is 2.05. The number of piperidine rings is 1. The van der Waals surface area contributed by atoms with Crippen molar-refractivity contribution in [1.82, 2.24) is 24.8 Å². The van der Waals surface area contributed by atoms with Crippen LogP contribution in [0.2, 0.25) is 0 Å². The topological polar surface area (TPSA) is 58.0 Å². The van der Waals surface area contributed by atoms with E-state index in [1.165, 1.54) is 18.5 Å². The number of nitrogens with zero attached hydrogens (tertiary/aromatic N) is 6. The molecule has 3 heterocycles. The summed E-state index contributed by atoms with van der Waals surface area (Å²) in [5.74, 6) is 2.10. The number of hydrogen-bond acceptors (Lipinski definition) is 6. The Labute approximate surface area is 137 Å². The van der Waals surface area contributed by atoms with Gasteiger partial charge in [-0.2, -0.15) is 0 Å². The minimum Gasteiger partial charge on any atom is -0.347 e. The lowest BCUT2D eigenvalue weighted by molar-refractivity contribution is 0.198. The zero-order chi connectivity index (χ0) is 16.2. The summed E-state index contributed by atoms with van der Waals surface area (Å²) in [6.07, 6.45) is 8.12. The molecular weight excluding hydrogens is 288 g/mol. The Morgan fingerprint density at radius 3 is 2.70 bits per heavy atom. The zero-order valence-corrected chi connectivity index (χ0v) is 14.1. The number of likely N-dealkylation sites (tertiary alicyclic amines) is 1. The monoisotopic (exact) mass is 312 g/mol. The molecule has 23 heavy (non-hydrogen) atoms. The molecule has 1 fully saturated rings. The predicted molar refractivity (Wildman–Crippen MR) is 90.4 cm³/mol. The Morgan fingerprint density at radius 2 is 2.00 bits per heavy atom. The van der Waals surface area contributed by atoms with E-state index >= 15 is 0 Å². The normalized spacial score (nSPS) is 18.8. The summed E-state index contributed by atoms with van der Waals surface area (Å²) >= 11 is 0. The lowest BCUT2D eigenvalue weighted by Crippen LogP contribution is -2.34. The van der Waals surface area contributed by atoms with Crippen LogP contribution in [0, 0.1) is 6.92 Å². The first-order valence-electron chi connectivity index (χ1n) is 8.12. The van der Waals surface area contributed by atoms with Gasteiger partial charge in [-0.1, -0.05) is 0 Å². The third-order valence-electron chi connectivity index (χ3n) is 4.22. The van der Waals surface area contributed by atoms with Crippen LogP contribution in [-0.2, 0) is 6.54 Å². The highest BCUT2D eigenvalue weighted by molar-refractivity contribution is 5.26. The van der Waals surface area contributed by atoms with Gasteiger partial charge in [0, 0.05) is 63.0 Å². The second-order valence-electron chi connectivity index (χ2n) is 6.39. The molecule has 6 nitrogen and oxygen atoms in total. The van der Waals surface area contributed by atoms with E-state index in [1.54, 1.807) is 0 Å². The molecule has 0 unspecified atom stereocenters. The van der Waals surface area contributed by atoms with E-state index in [1.807, 2.05) is 44.5 Å². The highest BCUT2D eigenvalue weighted by Crippen LogP contribution is 2.26. The Morgan fingerprint density at radius 1 is 1.22 bits per heavy atom. The third-order valence-corrected chi connectivity index (χ3v) is 4.22. The van der Waals surface area contributed by atoms with Crippen LogP contribution in [0.4, 0.5) is 5.95 Å². The fourth-order valence-corrected chi connectivity index (χ4v) is 3.06. The van der Waals surface area contributed by atoms with E-state index < -0.39 is 0 Å². The van der Waals surface area contributed by atoms with Crippen LogP contribution < -0.4 is 4.90 Å². The predicted octanol–water partition coefficient (Wildman–Crippen LogP) is 2.02. The minimum atomic E-state index is 0.493. The molecule has 0 bridgehead atoms. The maximum Gasteiger partial charge on any atom is 0.224 e. The van der Waals surface area contributed by atoms with Gasteiger partial charge in [-0.15, -0.1) is 0 Å². The van der Waals surface area contributed by atoms with Crippen LogP contribution in [-0.4, -0.2) is 52.0 Å². The fourth-order valence-electron chi connectivity index (χ4n) is 3.06. The summed E-state index contributed by atoms with van der Waals surface area (Å²) in [6.45, 7) is 5.00. The number of aromatic nitrogens is 4. The van der Waals surface area contributed by atoms with Crippen LogP contribution in [0.5, 0.6) is 0 Å². The molecule has 0 radical (unpaired) electrons. The Bertz CT molecular complexity index is 640. The average molecular weight is 312 g/mol.